The van der Waals surface area contributed by atoms with Crippen LogP contribution >= 0.6 is 11.6 Å². The fourth-order valence-corrected chi connectivity index (χ4v) is 2.15. The Kier molecular flexibility index (Phi) is 3.53. The Morgan fingerprint density at radius 2 is 1.92 bits per heavy atom. The molecule has 1 heterocycles. The smallest absolute Gasteiger partial charge is 0.221 e. The molecule has 0 aromatic carbocycles. The maximum Gasteiger partial charge on any atom is 0.221 e. The van der Waals surface area contributed by atoms with Crippen molar-refractivity contribution in [3.8, 4) is 0 Å². The average Bonchev–Trinajstić information content (AvgIpc) is 1.81. The van der Waals surface area contributed by atoms with E-state index in [1.54, 1.807) is 0 Å². The number of ether oxygens (including phenoxy) is 1. The Morgan fingerprint density at radius 3 is 2.33 bits per heavy atom. The fourth-order valence-electron chi connectivity index (χ4n) is 1.94. The van der Waals surface area contributed by atoms with Gasteiger partial charge in [0, 0.05) is 6.42 Å². The number of rotatable bonds is 2. The summed E-state index contributed by atoms with van der Waals surface area (Å²) < 4.78 is 5.54. The van der Waals surface area contributed by atoms with Crippen molar-refractivity contribution in [2.24, 2.45) is 5.92 Å². The molecule has 0 aromatic heterocycles. The summed E-state index contributed by atoms with van der Waals surface area (Å²) in [6, 6.07) is 0. The molecule has 0 aromatic rings. The van der Waals surface area contributed by atoms with Gasteiger partial charge in [-0.15, -0.1) is 0 Å². The van der Waals surface area contributed by atoms with Gasteiger partial charge in [0.05, 0.1) is 12.2 Å². The number of carbonyl (C=O) groups excluding carboxylic acids is 1. The zero-order valence-corrected chi connectivity index (χ0v) is 8.30. The molecular weight excluding hydrogens is 176 g/mol. The van der Waals surface area contributed by atoms with Gasteiger partial charge in [0.1, 0.15) is 0 Å². The van der Waals surface area contributed by atoms with E-state index in [0.29, 0.717) is 12.3 Å². The van der Waals surface area contributed by atoms with Crippen molar-refractivity contribution in [3.63, 3.8) is 0 Å². The Hall–Kier alpha value is -0.0800. The molecule has 1 aliphatic rings. The molecule has 1 rings (SSSR count). The molecule has 1 saturated heterocycles. The molecule has 2 atom stereocenters. The van der Waals surface area contributed by atoms with Gasteiger partial charge in [0.15, 0.2) is 0 Å². The molecule has 0 bridgehead atoms. The van der Waals surface area contributed by atoms with E-state index in [2.05, 4.69) is 0 Å². The van der Waals surface area contributed by atoms with E-state index in [0.717, 1.165) is 12.8 Å². The van der Waals surface area contributed by atoms with Crippen molar-refractivity contribution in [1.82, 2.24) is 0 Å². The first-order valence-corrected chi connectivity index (χ1v) is 4.79. The lowest BCUT2D eigenvalue weighted by atomic mass is 9.90. The lowest BCUT2D eigenvalue weighted by Gasteiger charge is -2.31. The second-order valence-corrected chi connectivity index (χ2v) is 4.08. The first kappa shape index (κ1) is 10.0. The number of carbonyl (C=O) groups is 1. The van der Waals surface area contributed by atoms with Gasteiger partial charge in [-0.3, -0.25) is 4.79 Å². The number of hydrogen-bond donors (Lipinski definition) is 0. The van der Waals surface area contributed by atoms with Gasteiger partial charge in [-0.1, -0.05) is 0 Å². The Morgan fingerprint density at radius 1 is 1.42 bits per heavy atom. The average molecular weight is 191 g/mol. The fraction of sp³-hybridized carbons (Fsp3) is 0.889. The van der Waals surface area contributed by atoms with Crippen LogP contribution in [0.3, 0.4) is 0 Å². The normalized spacial score (nSPS) is 36.4. The van der Waals surface area contributed by atoms with Gasteiger partial charge in [0.25, 0.3) is 0 Å². The first-order chi connectivity index (χ1) is 5.58. The lowest BCUT2D eigenvalue weighted by molar-refractivity contribution is -0.114. The minimum Gasteiger partial charge on any atom is -0.376 e. The van der Waals surface area contributed by atoms with Crippen LogP contribution in [0.5, 0.6) is 0 Å². The standard InChI is InChI=1S/C9H15ClO2/c1-6-3-8(5-9(10)11)4-7(2)12-6/h6-8H,3-5H2,1-2H3. The Bertz CT molecular complexity index is 160. The third kappa shape index (κ3) is 3.11. The molecule has 0 aliphatic carbocycles. The topological polar surface area (TPSA) is 26.3 Å². The Balaban J connectivity index is 2.38. The van der Waals surface area contributed by atoms with Crippen LogP contribution in [0.2, 0.25) is 0 Å². The van der Waals surface area contributed by atoms with Gasteiger partial charge in [0.2, 0.25) is 5.24 Å². The van der Waals surface area contributed by atoms with Crippen molar-refractivity contribution in [2.75, 3.05) is 0 Å². The quantitative estimate of drug-likeness (QED) is 0.625. The number of hydrogen-bond acceptors (Lipinski definition) is 2. The SMILES string of the molecule is CC1CC(CC(=O)Cl)CC(C)O1. The van der Waals surface area contributed by atoms with E-state index in [4.69, 9.17) is 16.3 Å². The monoisotopic (exact) mass is 190 g/mol. The van der Waals surface area contributed by atoms with E-state index in [1.807, 2.05) is 13.8 Å². The molecule has 12 heavy (non-hydrogen) atoms. The molecule has 2 nitrogen and oxygen atoms in total. The summed E-state index contributed by atoms with van der Waals surface area (Å²) in [6.45, 7) is 4.09. The second kappa shape index (κ2) is 4.24. The van der Waals surface area contributed by atoms with Crippen molar-refractivity contribution in [2.45, 2.75) is 45.3 Å². The first-order valence-electron chi connectivity index (χ1n) is 4.41. The molecule has 0 spiro atoms. The highest BCUT2D eigenvalue weighted by Gasteiger charge is 2.25. The zero-order valence-electron chi connectivity index (χ0n) is 7.55. The molecule has 2 unspecified atom stereocenters. The van der Waals surface area contributed by atoms with E-state index in [9.17, 15) is 4.79 Å². The summed E-state index contributed by atoms with van der Waals surface area (Å²) in [5, 5.41) is -0.221. The summed E-state index contributed by atoms with van der Waals surface area (Å²) in [7, 11) is 0. The summed E-state index contributed by atoms with van der Waals surface area (Å²) in [5.41, 5.74) is 0. The van der Waals surface area contributed by atoms with Crippen molar-refractivity contribution in [1.29, 1.82) is 0 Å². The van der Waals surface area contributed by atoms with E-state index in [1.165, 1.54) is 0 Å². The summed E-state index contributed by atoms with van der Waals surface area (Å²) in [5.74, 6) is 0.425. The highest BCUT2D eigenvalue weighted by Crippen LogP contribution is 2.27. The van der Waals surface area contributed by atoms with Gasteiger partial charge < -0.3 is 4.74 Å². The van der Waals surface area contributed by atoms with Crippen LogP contribution in [0.1, 0.15) is 33.1 Å². The van der Waals surface area contributed by atoms with E-state index in [-0.39, 0.29) is 17.5 Å². The van der Waals surface area contributed by atoms with E-state index < -0.39 is 0 Å². The zero-order chi connectivity index (χ0) is 9.14. The second-order valence-electron chi connectivity index (χ2n) is 3.65. The van der Waals surface area contributed by atoms with Crippen LogP contribution < -0.4 is 0 Å². The molecule has 0 radical (unpaired) electrons. The lowest BCUT2D eigenvalue weighted by Crippen LogP contribution is -2.29. The van der Waals surface area contributed by atoms with Crippen LogP contribution in [-0.4, -0.2) is 17.5 Å². The van der Waals surface area contributed by atoms with Crippen LogP contribution in [0.4, 0.5) is 0 Å². The van der Waals surface area contributed by atoms with Crippen LogP contribution in [0, 0.1) is 5.92 Å². The van der Waals surface area contributed by atoms with Crippen molar-refractivity contribution in [3.05, 3.63) is 0 Å². The highest BCUT2D eigenvalue weighted by molar-refractivity contribution is 6.63. The third-order valence-electron chi connectivity index (χ3n) is 2.24. The summed E-state index contributed by atoms with van der Waals surface area (Å²) in [6.07, 6.45) is 2.97. The molecular formula is C9H15ClO2. The van der Waals surface area contributed by atoms with Crippen LogP contribution in [0.15, 0.2) is 0 Å². The minimum atomic E-state index is -0.221. The van der Waals surface area contributed by atoms with E-state index >= 15 is 0 Å². The van der Waals surface area contributed by atoms with Gasteiger partial charge in [-0.05, 0) is 44.2 Å². The summed E-state index contributed by atoms with van der Waals surface area (Å²) >= 11 is 5.33. The van der Waals surface area contributed by atoms with Gasteiger partial charge in [-0.2, -0.15) is 0 Å². The third-order valence-corrected chi connectivity index (χ3v) is 2.40. The van der Waals surface area contributed by atoms with Crippen LogP contribution in [-0.2, 0) is 9.53 Å². The van der Waals surface area contributed by atoms with Crippen molar-refractivity contribution < 1.29 is 9.53 Å². The van der Waals surface area contributed by atoms with Crippen molar-refractivity contribution >= 4 is 16.8 Å². The molecule has 0 saturated carbocycles. The van der Waals surface area contributed by atoms with Crippen LogP contribution in [0.25, 0.3) is 0 Å². The predicted molar refractivity (Wildman–Crippen MR) is 48.2 cm³/mol. The Labute approximate surface area is 78.2 Å². The maximum absolute atomic E-state index is 10.6. The molecule has 70 valence electrons. The highest BCUT2D eigenvalue weighted by atomic mass is 35.5. The molecule has 0 amide bonds. The minimum absolute atomic E-state index is 0.221. The molecule has 0 N–H and O–H groups in total. The summed E-state index contributed by atoms with van der Waals surface area (Å²) in [4.78, 5) is 10.6. The molecule has 1 fully saturated rings. The maximum atomic E-state index is 10.6. The van der Waals surface area contributed by atoms with Gasteiger partial charge in [-0.25, -0.2) is 0 Å². The molecule has 1 aliphatic heterocycles. The van der Waals surface area contributed by atoms with Gasteiger partial charge >= 0.3 is 0 Å². The number of halogens is 1. The molecule has 3 heteroatoms. The largest absolute Gasteiger partial charge is 0.376 e. The predicted octanol–water partition coefficient (Wildman–Crippen LogP) is 2.35.